The van der Waals surface area contributed by atoms with E-state index in [4.69, 9.17) is 0 Å². The van der Waals surface area contributed by atoms with Gasteiger partial charge in [-0.25, -0.2) is 4.79 Å². The Hall–Kier alpha value is -2.11. The number of aliphatic carboxylic acids is 1. The van der Waals surface area contributed by atoms with E-state index >= 15 is 0 Å². The van der Waals surface area contributed by atoms with Crippen molar-refractivity contribution in [3.63, 3.8) is 0 Å². The molecule has 2 N–H and O–H groups in total. The lowest BCUT2D eigenvalue weighted by Crippen LogP contribution is -2.47. The molecule has 1 aromatic heterocycles. The van der Waals surface area contributed by atoms with Crippen molar-refractivity contribution < 1.29 is 14.7 Å². The van der Waals surface area contributed by atoms with Gasteiger partial charge in [-0.3, -0.25) is 9.59 Å². The van der Waals surface area contributed by atoms with Crippen molar-refractivity contribution in [2.75, 3.05) is 0 Å². The van der Waals surface area contributed by atoms with Crippen molar-refractivity contribution in [2.45, 2.75) is 59.0 Å². The third kappa shape index (κ3) is 4.94. The molecule has 1 amide bonds. The van der Waals surface area contributed by atoms with Gasteiger partial charge in [-0.1, -0.05) is 39.7 Å². The van der Waals surface area contributed by atoms with E-state index < -0.39 is 24.0 Å². The lowest BCUT2D eigenvalue weighted by molar-refractivity contribution is -0.142. The zero-order chi connectivity index (χ0) is 17.6. The fourth-order valence-corrected chi connectivity index (χ4v) is 2.60. The van der Waals surface area contributed by atoms with Crippen LogP contribution in [0.25, 0.3) is 0 Å². The van der Waals surface area contributed by atoms with Crippen LogP contribution in [0, 0.1) is 12.8 Å². The second-order valence-electron chi connectivity index (χ2n) is 6.11. The van der Waals surface area contributed by atoms with Gasteiger partial charge in [0.05, 0.1) is 0 Å². The van der Waals surface area contributed by atoms with E-state index in [2.05, 4.69) is 5.32 Å². The van der Waals surface area contributed by atoms with Crippen LogP contribution < -0.4 is 10.9 Å². The van der Waals surface area contributed by atoms with Crippen molar-refractivity contribution in [1.29, 1.82) is 0 Å². The van der Waals surface area contributed by atoms with Gasteiger partial charge in [-0.15, -0.1) is 0 Å². The third-order valence-corrected chi connectivity index (χ3v) is 3.83. The molecule has 128 valence electrons. The Kier molecular flexibility index (Phi) is 7.00. The summed E-state index contributed by atoms with van der Waals surface area (Å²) in [6, 6.07) is 3.15. The monoisotopic (exact) mass is 322 g/mol. The third-order valence-electron chi connectivity index (χ3n) is 3.83. The van der Waals surface area contributed by atoms with Gasteiger partial charge >= 0.3 is 5.97 Å². The molecule has 1 aromatic rings. The van der Waals surface area contributed by atoms with Gasteiger partial charge in [0.2, 0.25) is 5.91 Å². The van der Waals surface area contributed by atoms with E-state index in [1.54, 1.807) is 19.1 Å². The van der Waals surface area contributed by atoms with Crippen LogP contribution in [-0.2, 0) is 9.59 Å². The van der Waals surface area contributed by atoms with Gasteiger partial charge in [0.25, 0.3) is 5.56 Å². The number of carboxylic acids is 1. The number of aryl methyl sites for hydroxylation is 1. The molecule has 0 aliphatic rings. The summed E-state index contributed by atoms with van der Waals surface area (Å²) in [5, 5.41) is 11.9. The van der Waals surface area contributed by atoms with Crippen LogP contribution in [0.4, 0.5) is 0 Å². The van der Waals surface area contributed by atoms with Gasteiger partial charge in [0.15, 0.2) is 0 Å². The number of carbonyl (C=O) groups excluding carboxylic acids is 1. The van der Waals surface area contributed by atoms with Crippen LogP contribution in [0.3, 0.4) is 0 Å². The largest absolute Gasteiger partial charge is 0.480 e. The van der Waals surface area contributed by atoms with Crippen LogP contribution in [0.1, 0.15) is 51.8 Å². The van der Waals surface area contributed by atoms with Gasteiger partial charge < -0.3 is 15.0 Å². The van der Waals surface area contributed by atoms with E-state index in [1.165, 1.54) is 10.6 Å². The molecular weight excluding hydrogens is 296 g/mol. The van der Waals surface area contributed by atoms with E-state index in [1.807, 2.05) is 20.8 Å². The predicted molar refractivity (Wildman–Crippen MR) is 88.4 cm³/mol. The molecule has 0 aliphatic heterocycles. The molecule has 0 aliphatic carbocycles. The van der Waals surface area contributed by atoms with E-state index in [0.29, 0.717) is 18.5 Å². The highest BCUT2D eigenvalue weighted by Crippen LogP contribution is 2.18. The van der Waals surface area contributed by atoms with Crippen molar-refractivity contribution in [2.24, 2.45) is 5.92 Å². The Morgan fingerprint density at radius 3 is 2.43 bits per heavy atom. The van der Waals surface area contributed by atoms with Gasteiger partial charge in [0, 0.05) is 11.8 Å². The smallest absolute Gasteiger partial charge is 0.326 e. The Morgan fingerprint density at radius 1 is 1.30 bits per heavy atom. The fourth-order valence-electron chi connectivity index (χ4n) is 2.60. The van der Waals surface area contributed by atoms with E-state index in [0.717, 1.165) is 6.42 Å². The van der Waals surface area contributed by atoms with Crippen LogP contribution in [-0.4, -0.2) is 27.6 Å². The highest BCUT2D eigenvalue weighted by molar-refractivity contribution is 5.86. The summed E-state index contributed by atoms with van der Waals surface area (Å²) in [7, 11) is 0. The normalized spacial score (nSPS) is 13.6. The number of carboxylic acid groups (broad SMARTS) is 1. The maximum Gasteiger partial charge on any atom is 0.326 e. The topological polar surface area (TPSA) is 88.4 Å². The molecule has 23 heavy (non-hydrogen) atoms. The Balaban J connectivity index is 3.08. The number of nitrogens with one attached hydrogen (secondary N) is 1. The zero-order valence-electron chi connectivity index (χ0n) is 14.2. The minimum absolute atomic E-state index is 0.144. The van der Waals surface area contributed by atoms with E-state index in [9.17, 15) is 19.5 Å². The van der Waals surface area contributed by atoms with Crippen LogP contribution in [0.5, 0.6) is 0 Å². The number of pyridine rings is 1. The summed E-state index contributed by atoms with van der Waals surface area (Å²) in [4.78, 5) is 36.1. The van der Waals surface area contributed by atoms with Gasteiger partial charge in [-0.2, -0.15) is 0 Å². The lowest BCUT2D eigenvalue weighted by atomic mass is 10.0. The standard InChI is InChI=1S/C17H26N2O4/c1-5-6-9-13(17(22)23)18-16(21)15(11(2)3)19-12(4)8-7-10-14(19)20/h7-8,10-11,13,15H,5-6,9H2,1-4H3,(H,18,21)(H,22,23). The zero-order valence-corrected chi connectivity index (χ0v) is 14.2. The van der Waals surface area contributed by atoms with Gasteiger partial charge in [-0.05, 0) is 25.3 Å². The Labute approximate surface area is 136 Å². The average molecular weight is 322 g/mol. The molecule has 2 unspecified atom stereocenters. The first kappa shape index (κ1) is 18.9. The minimum atomic E-state index is -1.05. The molecule has 2 atom stereocenters. The number of amides is 1. The summed E-state index contributed by atoms with van der Waals surface area (Å²) in [5.41, 5.74) is 0.408. The molecule has 6 nitrogen and oxygen atoms in total. The van der Waals surface area contributed by atoms with Crippen molar-refractivity contribution in [1.82, 2.24) is 9.88 Å². The molecular formula is C17H26N2O4. The molecule has 0 saturated heterocycles. The lowest BCUT2D eigenvalue weighted by Gasteiger charge is -2.26. The highest BCUT2D eigenvalue weighted by atomic mass is 16.4. The second kappa shape index (κ2) is 8.50. The molecule has 0 bridgehead atoms. The van der Waals surface area contributed by atoms with E-state index in [-0.39, 0.29) is 11.5 Å². The number of hydrogen-bond donors (Lipinski definition) is 2. The Bertz CT molecular complexity index is 607. The van der Waals surface area contributed by atoms with Crippen molar-refractivity contribution >= 4 is 11.9 Å². The number of hydrogen-bond acceptors (Lipinski definition) is 3. The van der Waals surface area contributed by atoms with Crippen LogP contribution in [0.15, 0.2) is 23.0 Å². The number of carbonyl (C=O) groups is 2. The van der Waals surface area contributed by atoms with Crippen molar-refractivity contribution in [3.05, 3.63) is 34.2 Å². The molecule has 1 rings (SSSR count). The maximum atomic E-state index is 12.6. The van der Waals surface area contributed by atoms with Crippen LogP contribution in [0.2, 0.25) is 0 Å². The molecule has 0 radical (unpaired) electrons. The Morgan fingerprint density at radius 2 is 1.96 bits per heavy atom. The first-order valence-electron chi connectivity index (χ1n) is 8.00. The fraction of sp³-hybridized carbons (Fsp3) is 0.588. The second-order valence-corrected chi connectivity index (χ2v) is 6.11. The summed E-state index contributed by atoms with van der Waals surface area (Å²) < 4.78 is 1.43. The number of aromatic nitrogens is 1. The first-order valence-corrected chi connectivity index (χ1v) is 8.00. The highest BCUT2D eigenvalue weighted by Gasteiger charge is 2.29. The average Bonchev–Trinajstić information content (AvgIpc) is 2.46. The van der Waals surface area contributed by atoms with Crippen LogP contribution >= 0.6 is 0 Å². The predicted octanol–water partition coefficient (Wildman–Crippen LogP) is 2.11. The first-order chi connectivity index (χ1) is 10.8. The molecule has 6 heteroatoms. The maximum absolute atomic E-state index is 12.6. The van der Waals surface area contributed by atoms with Crippen molar-refractivity contribution in [3.8, 4) is 0 Å². The number of unbranched alkanes of at least 4 members (excludes halogenated alkanes) is 1. The molecule has 0 saturated carbocycles. The summed E-state index contributed by atoms with van der Waals surface area (Å²) in [6.45, 7) is 7.40. The quantitative estimate of drug-likeness (QED) is 0.767. The summed E-state index contributed by atoms with van der Waals surface area (Å²) >= 11 is 0. The molecule has 0 fully saturated rings. The summed E-state index contributed by atoms with van der Waals surface area (Å²) in [5.74, 6) is -1.62. The molecule has 1 heterocycles. The molecule has 0 spiro atoms. The van der Waals surface area contributed by atoms with Gasteiger partial charge in [0.1, 0.15) is 12.1 Å². The number of rotatable bonds is 8. The SMILES string of the molecule is CCCCC(NC(=O)C(C(C)C)n1c(C)cccc1=O)C(=O)O. The molecule has 0 aromatic carbocycles. The number of nitrogens with zero attached hydrogens (tertiary/aromatic N) is 1. The minimum Gasteiger partial charge on any atom is -0.480 e. The summed E-state index contributed by atoms with van der Waals surface area (Å²) in [6.07, 6.45) is 1.95.